The van der Waals surface area contributed by atoms with Gasteiger partial charge in [0.25, 0.3) is 0 Å². The molecule has 2 heterocycles. The minimum absolute atomic E-state index is 0.129. The van der Waals surface area contributed by atoms with E-state index in [0.29, 0.717) is 16.4 Å². The summed E-state index contributed by atoms with van der Waals surface area (Å²) in [7, 11) is 0. The smallest absolute Gasteiger partial charge is 0.343 e. The van der Waals surface area contributed by atoms with E-state index in [0.717, 1.165) is 19.4 Å². The number of ketones is 1. The number of carbonyl (C=O) groups excluding carboxylic acids is 2. The van der Waals surface area contributed by atoms with Gasteiger partial charge in [-0.1, -0.05) is 0 Å². The molecule has 6 nitrogen and oxygen atoms in total. The molecule has 0 amide bonds. The molecular weight excluding hydrogens is 292 g/mol. The van der Waals surface area contributed by atoms with Crippen molar-refractivity contribution in [1.82, 2.24) is 0 Å². The van der Waals surface area contributed by atoms with Crippen molar-refractivity contribution >= 4 is 33.8 Å². The molecule has 0 aromatic carbocycles. The molecule has 1 aromatic heterocycles. The van der Waals surface area contributed by atoms with Crippen molar-refractivity contribution in [2.75, 3.05) is 30.8 Å². The van der Waals surface area contributed by atoms with Crippen LogP contribution in [-0.2, 0) is 9.47 Å². The van der Waals surface area contributed by atoms with E-state index >= 15 is 0 Å². The highest BCUT2D eigenvalue weighted by Gasteiger charge is 2.26. The van der Waals surface area contributed by atoms with Crippen molar-refractivity contribution in [2.24, 2.45) is 0 Å². The lowest BCUT2D eigenvalue weighted by Crippen LogP contribution is -2.19. The fourth-order valence-corrected chi connectivity index (χ4v) is 3.26. The second kappa shape index (κ2) is 6.91. The van der Waals surface area contributed by atoms with Crippen LogP contribution < -0.4 is 11.1 Å². The third kappa shape index (κ3) is 3.54. The van der Waals surface area contributed by atoms with E-state index in [9.17, 15) is 9.59 Å². The third-order valence-corrected chi connectivity index (χ3v) is 4.52. The summed E-state index contributed by atoms with van der Waals surface area (Å²) in [5.74, 6) is -0.665. The quantitative estimate of drug-likeness (QED) is 0.619. The number of thiophene rings is 1. The van der Waals surface area contributed by atoms with Gasteiger partial charge < -0.3 is 20.5 Å². The minimum Gasteiger partial charge on any atom is -0.462 e. The highest BCUT2D eigenvalue weighted by atomic mass is 32.1. The van der Waals surface area contributed by atoms with E-state index in [-0.39, 0.29) is 29.7 Å². The average molecular weight is 312 g/mol. The number of Topliss-reactive ketones (excluding diaryl/α,β-unsaturated/α-hetero) is 1. The Balaban J connectivity index is 2.22. The molecule has 1 atom stereocenters. The molecule has 7 heteroatoms. The topological polar surface area (TPSA) is 90.6 Å². The Morgan fingerprint density at radius 3 is 2.86 bits per heavy atom. The van der Waals surface area contributed by atoms with Gasteiger partial charge >= 0.3 is 5.97 Å². The van der Waals surface area contributed by atoms with Gasteiger partial charge in [0.1, 0.15) is 10.6 Å². The molecule has 1 aromatic rings. The van der Waals surface area contributed by atoms with Gasteiger partial charge in [0, 0.05) is 20.1 Å². The molecule has 1 unspecified atom stereocenters. The van der Waals surface area contributed by atoms with Gasteiger partial charge in [-0.2, -0.15) is 0 Å². The Labute approximate surface area is 127 Å². The number of ether oxygens (including phenoxy) is 2. The van der Waals surface area contributed by atoms with Crippen LogP contribution in [-0.4, -0.2) is 37.6 Å². The van der Waals surface area contributed by atoms with Crippen LogP contribution in [0.5, 0.6) is 0 Å². The first-order chi connectivity index (χ1) is 10.0. The van der Waals surface area contributed by atoms with Gasteiger partial charge in [0.2, 0.25) is 0 Å². The van der Waals surface area contributed by atoms with Gasteiger partial charge in [-0.05, 0) is 19.8 Å². The maximum atomic E-state index is 12.0. The monoisotopic (exact) mass is 312 g/mol. The normalized spacial score (nSPS) is 17.7. The van der Waals surface area contributed by atoms with Crippen LogP contribution in [0.2, 0.25) is 0 Å². The number of nitrogen functional groups attached to an aromatic ring is 1. The highest BCUT2D eigenvalue weighted by molar-refractivity contribution is 7.19. The number of rotatable bonds is 6. The molecule has 2 rings (SSSR count). The minimum atomic E-state index is -0.506. The van der Waals surface area contributed by atoms with Gasteiger partial charge in [0.05, 0.1) is 23.3 Å². The predicted molar refractivity (Wildman–Crippen MR) is 82.2 cm³/mol. The Morgan fingerprint density at radius 1 is 1.52 bits per heavy atom. The summed E-state index contributed by atoms with van der Waals surface area (Å²) >= 11 is 1.19. The maximum Gasteiger partial charge on any atom is 0.343 e. The largest absolute Gasteiger partial charge is 0.462 e. The lowest BCUT2D eigenvalue weighted by atomic mass is 10.2. The van der Waals surface area contributed by atoms with E-state index < -0.39 is 5.97 Å². The molecule has 1 fully saturated rings. The number of nitrogens with two attached hydrogens (primary N) is 1. The molecule has 0 saturated carbocycles. The van der Waals surface area contributed by atoms with Crippen molar-refractivity contribution in [1.29, 1.82) is 0 Å². The van der Waals surface area contributed by atoms with Gasteiger partial charge in [-0.15, -0.1) is 11.3 Å². The molecule has 21 heavy (non-hydrogen) atoms. The second-order valence-electron chi connectivity index (χ2n) is 4.84. The molecule has 0 spiro atoms. The number of anilines is 2. The fourth-order valence-electron chi connectivity index (χ4n) is 2.25. The van der Waals surface area contributed by atoms with Crippen molar-refractivity contribution in [3.63, 3.8) is 0 Å². The molecule has 116 valence electrons. The molecular formula is C14H20N2O4S. The Morgan fingerprint density at radius 2 is 2.29 bits per heavy atom. The summed E-state index contributed by atoms with van der Waals surface area (Å²) in [4.78, 5) is 24.0. The number of hydrogen-bond acceptors (Lipinski definition) is 7. The molecule has 3 N–H and O–H groups in total. The summed E-state index contributed by atoms with van der Waals surface area (Å²) in [6, 6.07) is 0. The SMILES string of the molecule is CCOC(=O)c1c(NCC2CCCO2)sc(C(C)=O)c1N. The van der Waals surface area contributed by atoms with E-state index in [1.54, 1.807) is 6.92 Å². The van der Waals surface area contributed by atoms with Crippen LogP contribution >= 0.6 is 11.3 Å². The first kappa shape index (κ1) is 15.8. The molecule has 1 aliphatic rings. The Bertz CT molecular complexity index is 535. The van der Waals surface area contributed by atoms with Crippen molar-refractivity contribution in [2.45, 2.75) is 32.8 Å². The van der Waals surface area contributed by atoms with Crippen LogP contribution in [0.25, 0.3) is 0 Å². The molecule has 1 aliphatic heterocycles. The average Bonchev–Trinajstić information content (AvgIpc) is 3.04. The van der Waals surface area contributed by atoms with Gasteiger partial charge in [-0.3, -0.25) is 4.79 Å². The zero-order chi connectivity index (χ0) is 15.4. The van der Waals surface area contributed by atoms with Crippen LogP contribution in [0.1, 0.15) is 46.7 Å². The summed E-state index contributed by atoms with van der Waals surface area (Å²) in [5.41, 5.74) is 6.39. The lowest BCUT2D eigenvalue weighted by molar-refractivity contribution is 0.0529. The van der Waals surface area contributed by atoms with E-state index in [4.69, 9.17) is 15.2 Å². The number of hydrogen-bond donors (Lipinski definition) is 2. The van der Waals surface area contributed by atoms with Crippen LogP contribution in [0.15, 0.2) is 0 Å². The first-order valence-electron chi connectivity index (χ1n) is 7.00. The Kier molecular flexibility index (Phi) is 5.19. The molecule has 0 radical (unpaired) electrons. The summed E-state index contributed by atoms with van der Waals surface area (Å²) in [5, 5.41) is 3.75. The first-order valence-corrected chi connectivity index (χ1v) is 7.82. The zero-order valence-corrected chi connectivity index (χ0v) is 13.0. The van der Waals surface area contributed by atoms with Gasteiger partial charge in [-0.25, -0.2) is 4.79 Å². The third-order valence-electron chi connectivity index (χ3n) is 3.26. The highest BCUT2D eigenvalue weighted by Crippen LogP contribution is 2.36. The van der Waals surface area contributed by atoms with E-state index in [1.807, 2.05) is 0 Å². The lowest BCUT2D eigenvalue weighted by Gasteiger charge is -2.12. The number of nitrogens with one attached hydrogen (secondary N) is 1. The van der Waals surface area contributed by atoms with Crippen LogP contribution in [0, 0.1) is 0 Å². The van der Waals surface area contributed by atoms with E-state index in [2.05, 4.69) is 5.32 Å². The summed E-state index contributed by atoms with van der Waals surface area (Å²) in [6.07, 6.45) is 2.16. The summed E-state index contributed by atoms with van der Waals surface area (Å²) < 4.78 is 10.6. The zero-order valence-electron chi connectivity index (χ0n) is 12.2. The Hall–Kier alpha value is -1.60. The maximum absolute atomic E-state index is 12.0. The summed E-state index contributed by atoms with van der Waals surface area (Å²) in [6.45, 7) is 4.77. The van der Waals surface area contributed by atoms with Crippen molar-refractivity contribution in [3.05, 3.63) is 10.4 Å². The molecule has 0 aliphatic carbocycles. The molecule has 0 bridgehead atoms. The second-order valence-corrected chi connectivity index (χ2v) is 5.86. The van der Waals surface area contributed by atoms with Crippen molar-refractivity contribution in [3.8, 4) is 0 Å². The van der Waals surface area contributed by atoms with E-state index in [1.165, 1.54) is 18.3 Å². The van der Waals surface area contributed by atoms with Crippen LogP contribution in [0.4, 0.5) is 10.7 Å². The predicted octanol–water partition coefficient (Wildman–Crippen LogP) is 2.30. The number of esters is 1. The fraction of sp³-hybridized carbons (Fsp3) is 0.571. The van der Waals surface area contributed by atoms with Gasteiger partial charge in [0.15, 0.2) is 5.78 Å². The van der Waals surface area contributed by atoms with Crippen LogP contribution in [0.3, 0.4) is 0 Å². The standard InChI is InChI=1S/C14H20N2O4S/c1-3-19-14(18)10-11(15)12(8(2)17)21-13(10)16-7-9-5-4-6-20-9/h9,16H,3-7,15H2,1-2H3. The molecule has 1 saturated heterocycles. The van der Waals surface area contributed by atoms with Crippen molar-refractivity contribution < 1.29 is 19.1 Å². The number of carbonyl (C=O) groups is 2.